The highest BCUT2D eigenvalue weighted by atomic mass is 19.4. The molecular formula is C82H50F3N7. The number of aromatic nitrogens is 6. The summed E-state index contributed by atoms with van der Waals surface area (Å²) in [5, 5.41) is 14.9. The first-order valence-electron chi connectivity index (χ1n) is 30.2. The van der Waals surface area contributed by atoms with Gasteiger partial charge in [0.1, 0.15) is 0 Å². The molecule has 0 saturated heterocycles. The number of hydrogen-bond acceptors (Lipinski definition) is 5. The largest absolute Gasteiger partial charge is 0.416 e. The monoisotopic (exact) mass is 1190 g/mol. The normalized spacial score (nSPS) is 11.6. The summed E-state index contributed by atoms with van der Waals surface area (Å²) in [5.41, 5.74) is 18.8. The van der Waals surface area contributed by atoms with Crippen molar-refractivity contribution in [2.45, 2.75) is 6.18 Å². The van der Waals surface area contributed by atoms with Crippen molar-refractivity contribution in [2.75, 3.05) is 0 Å². The molecule has 434 valence electrons. The zero-order valence-electron chi connectivity index (χ0n) is 49.1. The van der Waals surface area contributed by atoms with Gasteiger partial charge in [-0.3, -0.25) is 19.9 Å². The summed E-state index contributed by atoms with van der Waals surface area (Å²) in [5.74, 6) is 0. The third-order valence-corrected chi connectivity index (χ3v) is 17.4. The van der Waals surface area contributed by atoms with Crippen LogP contribution in [0.5, 0.6) is 0 Å². The molecule has 16 aromatic rings. The molecule has 0 spiro atoms. The summed E-state index contributed by atoms with van der Waals surface area (Å²) in [7, 11) is 0. The highest BCUT2D eigenvalue weighted by molar-refractivity contribution is 6.15. The second-order valence-corrected chi connectivity index (χ2v) is 22.7. The molecule has 6 aromatic heterocycles. The maximum atomic E-state index is 15.4. The summed E-state index contributed by atoms with van der Waals surface area (Å²) in [6, 6.07) is 93.5. The van der Waals surface area contributed by atoms with Gasteiger partial charge in [-0.05, 0) is 125 Å². The molecule has 0 aliphatic carbocycles. The lowest BCUT2D eigenvalue weighted by Crippen LogP contribution is -2.07. The Morgan fingerprint density at radius 2 is 0.598 bits per heavy atom. The van der Waals surface area contributed by atoms with Crippen LogP contribution in [0.1, 0.15) is 11.1 Å². The van der Waals surface area contributed by atoms with Crippen LogP contribution >= 0.6 is 0 Å². The SMILES string of the molecule is N#Cc1cc(-n2c3ccc(-c4cccnc4-c4ccccc4)cc3c3cc(-c4cccnc4-c4ccccc4)ccc32)c(-c2cccc(C(F)(F)F)c2)c(-n2c3ccc(-c4cccnc4-c4ccccc4)cc3c3cc(-c4cccnc4-c4ccccc4)ccc32)c1. The van der Waals surface area contributed by atoms with Gasteiger partial charge in [0.25, 0.3) is 0 Å². The number of halogens is 3. The van der Waals surface area contributed by atoms with E-state index in [0.717, 1.165) is 139 Å². The lowest BCUT2D eigenvalue weighted by atomic mass is 9.96. The van der Waals surface area contributed by atoms with Gasteiger partial charge in [-0.2, -0.15) is 18.4 Å². The quantitative estimate of drug-likeness (QED) is 0.129. The lowest BCUT2D eigenvalue weighted by Gasteiger charge is -2.22. The molecule has 10 heteroatoms. The van der Waals surface area contributed by atoms with E-state index in [1.54, 1.807) is 30.9 Å². The van der Waals surface area contributed by atoms with Gasteiger partial charge >= 0.3 is 6.18 Å². The van der Waals surface area contributed by atoms with E-state index < -0.39 is 11.7 Å². The lowest BCUT2D eigenvalue weighted by molar-refractivity contribution is -0.137. The topological polar surface area (TPSA) is 85.2 Å². The van der Waals surface area contributed by atoms with Crippen LogP contribution < -0.4 is 0 Å². The summed E-state index contributed by atoms with van der Waals surface area (Å²) >= 11 is 0. The molecule has 0 aliphatic rings. The molecule has 0 unspecified atom stereocenters. The van der Waals surface area contributed by atoms with Crippen molar-refractivity contribution in [1.82, 2.24) is 29.1 Å². The van der Waals surface area contributed by atoms with E-state index in [1.165, 1.54) is 12.1 Å². The van der Waals surface area contributed by atoms with Crippen molar-refractivity contribution in [3.05, 3.63) is 315 Å². The zero-order chi connectivity index (χ0) is 61.9. The minimum absolute atomic E-state index is 0.300. The molecule has 0 atom stereocenters. The first-order valence-corrected chi connectivity index (χ1v) is 30.2. The van der Waals surface area contributed by atoms with Gasteiger partial charge in [0.05, 0.1) is 73.4 Å². The Labute approximate surface area is 527 Å². The molecule has 92 heavy (non-hydrogen) atoms. The number of benzene rings is 10. The third-order valence-electron chi connectivity index (χ3n) is 17.4. The zero-order valence-corrected chi connectivity index (χ0v) is 49.1. The molecule has 16 rings (SSSR count). The van der Waals surface area contributed by atoms with Crippen molar-refractivity contribution < 1.29 is 13.2 Å². The number of fused-ring (bicyclic) bond motifs is 6. The summed E-state index contributed by atoms with van der Waals surface area (Å²) in [6.07, 6.45) is 2.52. The van der Waals surface area contributed by atoms with Crippen molar-refractivity contribution in [3.8, 4) is 118 Å². The Morgan fingerprint density at radius 1 is 0.293 bits per heavy atom. The molecule has 0 bridgehead atoms. The number of rotatable bonds is 11. The summed E-state index contributed by atoms with van der Waals surface area (Å²) < 4.78 is 50.3. The molecule has 7 nitrogen and oxygen atoms in total. The second-order valence-electron chi connectivity index (χ2n) is 22.7. The Morgan fingerprint density at radius 3 is 0.891 bits per heavy atom. The van der Waals surface area contributed by atoms with E-state index in [9.17, 15) is 5.26 Å². The van der Waals surface area contributed by atoms with Crippen LogP contribution in [0.15, 0.2) is 304 Å². The Kier molecular flexibility index (Phi) is 13.6. The Hall–Kier alpha value is -12.3. The fourth-order valence-corrected chi connectivity index (χ4v) is 13.3. The standard InChI is InChI=1S/C82H50F3N7/c83-82(84,85)62-27-13-26-61(46-62)77-75(91-71-36-32-57(63-28-14-40-87-78(63)53-18-5-1-6-19-53)47-67(71)68-48-58(33-37-72(68)91)64-29-15-41-88-79(64)54-20-7-2-8-21-54)44-52(51-86)45-76(77)92-73-38-34-59(65-30-16-42-89-80(65)55-22-9-3-10-23-55)49-69(73)70-50-60(35-39-74(70)92)66-31-17-43-90-81(66)56-24-11-4-12-25-56/h1-50H. The van der Waals surface area contributed by atoms with Crippen LogP contribution in [0.4, 0.5) is 13.2 Å². The van der Waals surface area contributed by atoms with E-state index in [2.05, 4.69) is 161 Å². The fraction of sp³-hybridized carbons (Fsp3) is 0.0122. The fourth-order valence-electron chi connectivity index (χ4n) is 13.3. The van der Waals surface area contributed by atoms with Gasteiger partial charge in [-0.25, -0.2) is 0 Å². The number of hydrogen-bond donors (Lipinski definition) is 0. The van der Waals surface area contributed by atoms with E-state index in [-0.39, 0.29) is 0 Å². The molecule has 6 heterocycles. The molecule has 0 fully saturated rings. The Bertz CT molecular complexity index is 4990. The molecule has 10 aromatic carbocycles. The van der Waals surface area contributed by atoms with Gasteiger partial charge in [0.2, 0.25) is 0 Å². The Balaban J connectivity index is 1.00. The molecular weight excluding hydrogens is 1140 g/mol. The van der Waals surface area contributed by atoms with Gasteiger partial charge in [0.15, 0.2) is 0 Å². The van der Waals surface area contributed by atoms with E-state index in [0.29, 0.717) is 28.1 Å². The molecule has 0 radical (unpaired) electrons. The van der Waals surface area contributed by atoms with E-state index in [4.69, 9.17) is 19.9 Å². The van der Waals surface area contributed by atoms with Gasteiger partial charge in [0, 0.05) is 96.4 Å². The first kappa shape index (κ1) is 55.0. The third kappa shape index (κ3) is 9.64. The average molecular weight is 1190 g/mol. The van der Waals surface area contributed by atoms with Crippen LogP contribution in [0.3, 0.4) is 0 Å². The van der Waals surface area contributed by atoms with Crippen LogP contribution in [-0.4, -0.2) is 29.1 Å². The number of pyridine rings is 4. The molecule has 0 saturated carbocycles. The number of nitrogens with zero attached hydrogens (tertiary/aromatic N) is 7. The molecule has 0 amide bonds. The van der Waals surface area contributed by atoms with Crippen LogP contribution in [0.2, 0.25) is 0 Å². The maximum absolute atomic E-state index is 15.4. The highest BCUT2D eigenvalue weighted by Crippen LogP contribution is 2.48. The van der Waals surface area contributed by atoms with Crippen LogP contribution in [0.25, 0.3) is 156 Å². The van der Waals surface area contributed by atoms with Crippen LogP contribution in [0, 0.1) is 11.3 Å². The van der Waals surface area contributed by atoms with Gasteiger partial charge in [-0.15, -0.1) is 0 Å². The van der Waals surface area contributed by atoms with E-state index in [1.807, 2.05) is 109 Å². The van der Waals surface area contributed by atoms with Gasteiger partial charge in [-0.1, -0.05) is 182 Å². The first-order chi connectivity index (χ1) is 45.2. The van der Waals surface area contributed by atoms with Gasteiger partial charge < -0.3 is 9.13 Å². The smallest absolute Gasteiger partial charge is 0.308 e. The maximum Gasteiger partial charge on any atom is 0.416 e. The molecule has 0 N–H and O–H groups in total. The molecule has 0 aliphatic heterocycles. The van der Waals surface area contributed by atoms with Crippen molar-refractivity contribution in [1.29, 1.82) is 5.26 Å². The summed E-state index contributed by atoms with van der Waals surface area (Å²) in [6.45, 7) is 0. The van der Waals surface area contributed by atoms with Crippen molar-refractivity contribution in [3.63, 3.8) is 0 Å². The minimum Gasteiger partial charge on any atom is -0.308 e. The minimum atomic E-state index is -4.69. The van der Waals surface area contributed by atoms with Crippen LogP contribution in [-0.2, 0) is 6.18 Å². The van der Waals surface area contributed by atoms with E-state index >= 15 is 13.2 Å². The number of alkyl halides is 3. The predicted molar refractivity (Wildman–Crippen MR) is 365 cm³/mol. The van der Waals surface area contributed by atoms with Crippen molar-refractivity contribution >= 4 is 43.6 Å². The predicted octanol–water partition coefficient (Wildman–Crippen LogP) is 21.4. The highest BCUT2D eigenvalue weighted by Gasteiger charge is 2.32. The van der Waals surface area contributed by atoms with Crippen molar-refractivity contribution in [2.24, 2.45) is 0 Å². The second kappa shape index (κ2) is 22.7. The number of nitriles is 1. The average Bonchev–Trinajstić information content (AvgIpc) is 1.56. The summed E-state index contributed by atoms with van der Waals surface area (Å²) in [4.78, 5) is 19.7.